The van der Waals surface area contributed by atoms with Crippen molar-refractivity contribution in [2.24, 2.45) is 4.99 Å². The van der Waals surface area contributed by atoms with Crippen molar-refractivity contribution in [3.8, 4) is 0 Å². The summed E-state index contributed by atoms with van der Waals surface area (Å²) in [5.41, 5.74) is 0.805. The van der Waals surface area contributed by atoms with Gasteiger partial charge in [0, 0.05) is 58.8 Å². The molecule has 9 nitrogen and oxygen atoms in total. The molecule has 156 valence electrons. The number of nitrogens with zero attached hydrogens (tertiary/aromatic N) is 4. The second kappa shape index (κ2) is 12.3. The Morgan fingerprint density at radius 3 is 2.64 bits per heavy atom. The number of aromatic nitrogens is 1. The van der Waals surface area contributed by atoms with Gasteiger partial charge in [-0.3, -0.25) is 19.7 Å². The van der Waals surface area contributed by atoms with E-state index in [1.54, 1.807) is 31.6 Å². The van der Waals surface area contributed by atoms with E-state index in [-0.39, 0.29) is 12.5 Å². The molecule has 3 N–H and O–H groups in total. The van der Waals surface area contributed by atoms with Crippen LogP contribution in [0.1, 0.15) is 18.6 Å². The van der Waals surface area contributed by atoms with Gasteiger partial charge >= 0.3 is 0 Å². The van der Waals surface area contributed by atoms with Crippen LogP contribution in [0.15, 0.2) is 29.5 Å². The van der Waals surface area contributed by atoms with E-state index in [1.165, 1.54) is 0 Å². The topological polar surface area (TPSA) is 102 Å². The van der Waals surface area contributed by atoms with Crippen LogP contribution in [0.3, 0.4) is 0 Å². The Labute approximate surface area is 166 Å². The summed E-state index contributed by atoms with van der Waals surface area (Å²) >= 11 is 0. The molecule has 1 aromatic heterocycles. The highest BCUT2D eigenvalue weighted by Gasteiger charge is 2.21. The monoisotopic (exact) mass is 392 g/mol. The van der Waals surface area contributed by atoms with E-state index in [2.05, 4.69) is 30.4 Å². The summed E-state index contributed by atoms with van der Waals surface area (Å²) in [6, 6.07) is 3.59. The predicted molar refractivity (Wildman–Crippen MR) is 108 cm³/mol. The van der Waals surface area contributed by atoms with Gasteiger partial charge in [0.05, 0.1) is 25.8 Å². The molecule has 9 heteroatoms. The van der Waals surface area contributed by atoms with Gasteiger partial charge in [0.25, 0.3) is 0 Å². The van der Waals surface area contributed by atoms with Crippen LogP contribution in [-0.2, 0) is 9.53 Å². The first-order valence-corrected chi connectivity index (χ1v) is 9.73. The number of carbonyl (C=O) groups is 1. The minimum Gasteiger partial charge on any atom is -0.386 e. The molecule has 1 aromatic rings. The van der Waals surface area contributed by atoms with Crippen LogP contribution in [-0.4, -0.2) is 97.8 Å². The third-order valence-electron chi connectivity index (χ3n) is 4.51. The van der Waals surface area contributed by atoms with Crippen LogP contribution in [0.25, 0.3) is 0 Å². The van der Waals surface area contributed by atoms with Crippen molar-refractivity contribution in [1.82, 2.24) is 25.4 Å². The number of aliphatic imine (C=N–C) groups is 1. The summed E-state index contributed by atoms with van der Waals surface area (Å²) < 4.78 is 4.94. The summed E-state index contributed by atoms with van der Waals surface area (Å²) in [4.78, 5) is 24.8. The van der Waals surface area contributed by atoms with Crippen LogP contribution in [0, 0.1) is 0 Å². The Morgan fingerprint density at radius 2 is 2.00 bits per heavy atom. The molecule has 0 spiro atoms. The first-order valence-electron chi connectivity index (χ1n) is 9.73. The first kappa shape index (κ1) is 22.1. The lowest BCUT2D eigenvalue weighted by Crippen LogP contribution is -2.54. The van der Waals surface area contributed by atoms with Crippen LogP contribution >= 0.6 is 0 Å². The van der Waals surface area contributed by atoms with Gasteiger partial charge in [0.15, 0.2) is 5.96 Å². The number of hydrogen-bond acceptors (Lipinski definition) is 6. The van der Waals surface area contributed by atoms with Crippen molar-refractivity contribution >= 4 is 11.9 Å². The number of nitrogens with one attached hydrogen (secondary N) is 2. The maximum absolute atomic E-state index is 11.9. The van der Waals surface area contributed by atoms with E-state index >= 15 is 0 Å². The number of piperazine rings is 1. The fourth-order valence-corrected chi connectivity index (χ4v) is 2.96. The SMILES string of the molecule is CCNC(=NCC(O)c1ccncc1)N1CCN(CC(=O)NCCOC)CC1. The number of hydrogen-bond donors (Lipinski definition) is 3. The largest absolute Gasteiger partial charge is 0.386 e. The van der Waals surface area contributed by atoms with Crippen LogP contribution < -0.4 is 10.6 Å². The van der Waals surface area contributed by atoms with Gasteiger partial charge in [-0.1, -0.05) is 0 Å². The highest BCUT2D eigenvalue weighted by Crippen LogP contribution is 2.12. The zero-order valence-electron chi connectivity index (χ0n) is 16.8. The van der Waals surface area contributed by atoms with E-state index in [4.69, 9.17) is 4.74 Å². The quantitative estimate of drug-likeness (QED) is 0.295. The molecule has 1 aliphatic heterocycles. The summed E-state index contributed by atoms with van der Waals surface area (Å²) in [6.45, 7) is 7.65. The molecule has 0 bridgehead atoms. The highest BCUT2D eigenvalue weighted by atomic mass is 16.5. The van der Waals surface area contributed by atoms with Crippen molar-refractivity contribution in [2.45, 2.75) is 13.0 Å². The van der Waals surface area contributed by atoms with Gasteiger partial charge in [0.1, 0.15) is 0 Å². The molecular weight excluding hydrogens is 360 g/mol. The number of pyridine rings is 1. The van der Waals surface area contributed by atoms with Gasteiger partial charge in [-0.15, -0.1) is 0 Å². The summed E-state index contributed by atoms with van der Waals surface area (Å²) in [6.07, 6.45) is 2.67. The van der Waals surface area contributed by atoms with E-state index in [0.29, 0.717) is 19.7 Å². The number of methoxy groups -OCH3 is 1. The van der Waals surface area contributed by atoms with Crippen molar-refractivity contribution in [3.63, 3.8) is 0 Å². The third-order valence-corrected chi connectivity index (χ3v) is 4.51. The summed E-state index contributed by atoms with van der Waals surface area (Å²) in [5, 5.41) is 16.5. The molecule has 1 amide bonds. The standard InChI is InChI=1S/C19H32N6O3/c1-3-21-19(23-14-17(26)16-4-6-20-7-5-16)25-11-9-24(10-12-25)15-18(27)22-8-13-28-2/h4-7,17,26H,3,8-15H2,1-2H3,(H,21,23)(H,22,27). The summed E-state index contributed by atoms with van der Waals surface area (Å²) in [5.74, 6) is 0.811. The molecule has 1 atom stereocenters. The van der Waals surface area contributed by atoms with E-state index in [0.717, 1.165) is 44.2 Å². The number of ether oxygens (including phenoxy) is 1. The number of guanidine groups is 1. The smallest absolute Gasteiger partial charge is 0.234 e. The average Bonchev–Trinajstić information content (AvgIpc) is 2.72. The zero-order chi connectivity index (χ0) is 20.2. The molecule has 0 aromatic carbocycles. The maximum Gasteiger partial charge on any atom is 0.234 e. The van der Waals surface area contributed by atoms with Crippen LogP contribution in [0.5, 0.6) is 0 Å². The third kappa shape index (κ3) is 7.41. The van der Waals surface area contributed by atoms with Crippen molar-refractivity contribution in [1.29, 1.82) is 0 Å². The highest BCUT2D eigenvalue weighted by molar-refractivity contribution is 5.80. The molecule has 2 heterocycles. The Morgan fingerprint density at radius 1 is 1.29 bits per heavy atom. The molecule has 0 radical (unpaired) electrons. The molecule has 1 saturated heterocycles. The Bertz CT molecular complexity index is 605. The van der Waals surface area contributed by atoms with Gasteiger partial charge in [-0.05, 0) is 24.6 Å². The van der Waals surface area contributed by atoms with Gasteiger partial charge in [-0.25, -0.2) is 0 Å². The lowest BCUT2D eigenvalue weighted by Gasteiger charge is -2.36. The predicted octanol–water partition coefficient (Wildman–Crippen LogP) is -0.539. The van der Waals surface area contributed by atoms with E-state index < -0.39 is 6.10 Å². The molecule has 1 aliphatic rings. The molecule has 1 unspecified atom stereocenters. The average molecular weight is 393 g/mol. The van der Waals surface area contributed by atoms with Gasteiger partial charge in [-0.2, -0.15) is 0 Å². The summed E-state index contributed by atoms with van der Waals surface area (Å²) in [7, 11) is 1.62. The van der Waals surface area contributed by atoms with Crippen molar-refractivity contribution < 1.29 is 14.6 Å². The second-order valence-corrected chi connectivity index (χ2v) is 6.60. The number of rotatable bonds is 9. The fourth-order valence-electron chi connectivity index (χ4n) is 2.96. The number of amides is 1. The normalized spacial score (nSPS) is 16.7. The lowest BCUT2D eigenvalue weighted by molar-refractivity contribution is -0.122. The van der Waals surface area contributed by atoms with E-state index in [1.807, 2.05) is 6.92 Å². The minimum atomic E-state index is -0.659. The molecule has 28 heavy (non-hydrogen) atoms. The van der Waals surface area contributed by atoms with Crippen LogP contribution in [0.4, 0.5) is 0 Å². The Balaban J connectivity index is 1.82. The van der Waals surface area contributed by atoms with Crippen LogP contribution in [0.2, 0.25) is 0 Å². The number of aliphatic hydroxyl groups is 1. The molecule has 2 rings (SSSR count). The fraction of sp³-hybridized carbons (Fsp3) is 0.632. The first-order chi connectivity index (χ1) is 13.6. The molecule has 0 saturated carbocycles. The zero-order valence-corrected chi connectivity index (χ0v) is 16.8. The molecule has 1 fully saturated rings. The Kier molecular flexibility index (Phi) is 9.67. The van der Waals surface area contributed by atoms with Crippen molar-refractivity contribution in [2.75, 3.05) is 66.1 Å². The maximum atomic E-state index is 11.9. The lowest BCUT2D eigenvalue weighted by atomic mass is 10.1. The number of carbonyl (C=O) groups excluding carboxylic acids is 1. The van der Waals surface area contributed by atoms with Gasteiger partial charge in [0.2, 0.25) is 5.91 Å². The Hall–Kier alpha value is -2.23. The van der Waals surface area contributed by atoms with Gasteiger partial charge < -0.3 is 25.4 Å². The van der Waals surface area contributed by atoms with Crippen molar-refractivity contribution in [3.05, 3.63) is 30.1 Å². The minimum absolute atomic E-state index is 0.0200. The van der Waals surface area contributed by atoms with E-state index in [9.17, 15) is 9.90 Å². The molecule has 0 aliphatic carbocycles. The second-order valence-electron chi connectivity index (χ2n) is 6.60. The number of aliphatic hydroxyl groups excluding tert-OH is 1. The molecular formula is C19H32N6O3.